The van der Waals surface area contributed by atoms with Crippen LogP contribution >= 0.6 is 0 Å². The molecule has 1 amide bonds. The summed E-state index contributed by atoms with van der Waals surface area (Å²) in [4.78, 5) is 11.6. The third-order valence-corrected chi connectivity index (χ3v) is 6.03. The van der Waals surface area contributed by atoms with Gasteiger partial charge in [-0.25, -0.2) is 13.1 Å². The summed E-state index contributed by atoms with van der Waals surface area (Å²) in [6.45, 7) is 4.67. The van der Waals surface area contributed by atoms with E-state index in [2.05, 4.69) is 34.3 Å². The van der Waals surface area contributed by atoms with E-state index < -0.39 is 10.0 Å². The number of anilines is 1. The van der Waals surface area contributed by atoms with Crippen LogP contribution in [-0.2, 0) is 27.9 Å². The molecule has 29 heavy (non-hydrogen) atoms. The smallest absolute Gasteiger partial charge is 0.240 e. The van der Waals surface area contributed by atoms with Gasteiger partial charge in [-0.3, -0.25) is 4.79 Å². The molecule has 0 aliphatic rings. The number of aromatic nitrogens is 1. The van der Waals surface area contributed by atoms with Crippen molar-refractivity contribution in [3.8, 4) is 0 Å². The third kappa shape index (κ3) is 5.56. The zero-order chi connectivity index (χ0) is 20.9. The number of carbonyl (C=O) groups excluding carboxylic acids is 1. The van der Waals surface area contributed by atoms with Crippen molar-refractivity contribution in [3.05, 3.63) is 83.7 Å². The van der Waals surface area contributed by atoms with E-state index in [1.165, 1.54) is 17.7 Å². The Morgan fingerprint density at radius 1 is 1.00 bits per heavy atom. The maximum atomic E-state index is 12.6. The number of hydrogen-bond donors (Lipinski definition) is 2. The Bertz CT molecular complexity index is 1070. The number of carbonyl (C=O) groups is 1. The number of nitrogens with one attached hydrogen (secondary N) is 2. The molecule has 0 fully saturated rings. The SMILES string of the molecule is CCC(=O)Nc1ccc(S(=O)(=O)NCc2cccn2Cc2ccc(C)cc2)cc1. The molecule has 0 spiro atoms. The Kier molecular flexibility index (Phi) is 6.51. The van der Waals surface area contributed by atoms with E-state index in [4.69, 9.17) is 0 Å². The van der Waals surface area contributed by atoms with Crippen molar-refractivity contribution in [2.75, 3.05) is 5.32 Å². The lowest BCUT2D eigenvalue weighted by Crippen LogP contribution is -2.24. The summed E-state index contributed by atoms with van der Waals surface area (Å²) in [5.41, 5.74) is 3.80. The second kappa shape index (κ2) is 9.07. The van der Waals surface area contributed by atoms with Crippen molar-refractivity contribution in [2.24, 2.45) is 0 Å². The zero-order valence-corrected chi connectivity index (χ0v) is 17.4. The van der Waals surface area contributed by atoms with Gasteiger partial charge in [0.1, 0.15) is 0 Å². The summed E-state index contributed by atoms with van der Waals surface area (Å²) in [5, 5.41) is 2.70. The van der Waals surface area contributed by atoms with Crippen molar-refractivity contribution in [1.82, 2.24) is 9.29 Å². The number of hydrogen-bond acceptors (Lipinski definition) is 3. The van der Waals surface area contributed by atoms with Crippen molar-refractivity contribution < 1.29 is 13.2 Å². The number of amides is 1. The second-order valence-electron chi connectivity index (χ2n) is 6.86. The summed E-state index contributed by atoms with van der Waals surface area (Å²) in [6.07, 6.45) is 2.30. The van der Waals surface area contributed by atoms with Gasteiger partial charge in [0.2, 0.25) is 15.9 Å². The van der Waals surface area contributed by atoms with Crippen molar-refractivity contribution in [2.45, 2.75) is 38.3 Å². The molecule has 0 atom stereocenters. The van der Waals surface area contributed by atoms with Crippen LogP contribution in [0.15, 0.2) is 71.8 Å². The van der Waals surface area contributed by atoms with E-state index >= 15 is 0 Å². The first-order valence-electron chi connectivity index (χ1n) is 9.46. The van der Waals surface area contributed by atoms with E-state index in [-0.39, 0.29) is 17.3 Å². The zero-order valence-electron chi connectivity index (χ0n) is 16.6. The highest BCUT2D eigenvalue weighted by molar-refractivity contribution is 7.89. The van der Waals surface area contributed by atoms with E-state index in [0.29, 0.717) is 18.7 Å². The molecule has 0 aliphatic carbocycles. The van der Waals surface area contributed by atoms with Gasteiger partial charge in [0.05, 0.1) is 11.4 Å². The van der Waals surface area contributed by atoms with Crippen LogP contribution in [0.3, 0.4) is 0 Å². The molecule has 0 aliphatic heterocycles. The number of nitrogens with zero attached hydrogens (tertiary/aromatic N) is 1. The standard InChI is InChI=1S/C22H25N3O3S/c1-3-22(26)24-19-10-12-21(13-11-19)29(27,28)23-15-20-5-4-14-25(20)16-18-8-6-17(2)7-9-18/h4-14,23H,3,15-16H2,1-2H3,(H,24,26). The van der Waals surface area contributed by atoms with Crippen LogP contribution in [0, 0.1) is 6.92 Å². The van der Waals surface area contributed by atoms with Gasteiger partial charge in [-0.2, -0.15) is 0 Å². The molecule has 152 valence electrons. The molecule has 3 rings (SSSR count). The van der Waals surface area contributed by atoms with E-state index in [9.17, 15) is 13.2 Å². The quantitative estimate of drug-likeness (QED) is 0.593. The molecule has 1 heterocycles. The predicted octanol–water partition coefficient (Wildman–Crippen LogP) is 3.67. The molecule has 3 aromatic rings. The normalized spacial score (nSPS) is 11.4. The van der Waals surface area contributed by atoms with Crippen LogP contribution in [-0.4, -0.2) is 18.9 Å². The first-order valence-corrected chi connectivity index (χ1v) is 10.9. The van der Waals surface area contributed by atoms with E-state index in [0.717, 1.165) is 11.3 Å². The van der Waals surface area contributed by atoms with Gasteiger partial charge in [-0.05, 0) is 48.9 Å². The molecular formula is C22H25N3O3S. The fourth-order valence-electron chi connectivity index (χ4n) is 2.87. The summed E-state index contributed by atoms with van der Waals surface area (Å²) in [6, 6.07) is 18.2. The van der Waals surface area contributed by atoms with Gasteiger partial charge < -0.3 is 9.88 Å². The van der Waals surface area contributed by atoms with Crippen molar-refractivity contribution >= 4 is 21.6 Å². The maximum absolute atomic E-state index is 12.6. The lowest BCUT2D eigenvalue weighted by atomic mass is 10.1. The Labute approximate surface area is 171 Å². The first-order chi connectivity index (χ1) is 13.9. The minimum Gasteiger partial charge on any atom is -0.346 e. The summed E-state index contributed by atoms with van der Waals surface area (Å²) < 4.78 is 29.9. The predicted molar refractivity (Wildman–Crippen MR) is 114 cm³/mol. The molecule has 0 unspecified atom stereocenters. The van der Waals surface area contributed by atoms with Gasteiger partial charge in [-0.15, -0.1) is 0 Å². The molecule has 7 heteroatoms. The Hall–Kier alpha value is -2.90. The van der Waals surface area contributed by atoms with E-state index in [1.54, 1.807) is 19.1 Å². The largest absolute Gasteiger partial charge is 0.346 e. The molecule has 0 bridgehead atoms. The molecule has 1 aromatic heterocycles. The van der Waals surface area contributed by atoms with Gasteiger partial charge in [-0.1, -0.05) is 36.8 Å². The summed E-state index contributed by atoms with van der Waals surface area (Å²) in [7, 11) is -3.66. The summed E-state index contributed by atoms with van der Waals surface area (Å²) in [5.74, 6) is -0.118. The van der Waals surface area contributed by atoms with Gasteiger partial charge >= 0.3 is 0 Å². The first kappa shape index (κ1) is 20.8. The van der Waals surface area contributed by atoms with Crippen LogP contribution < -0.4 is 10.0 Å². The minimum atomic E-state index is -3.66. The molecule has 2 N–H and O–H groups in total. The van der Waals surface area contributed by atoms with Gasteiger partial charge in [0.15, 0.2) is 0 Å². The average molecular weight is 412 g/mol. The lowest BCUT2D eigenvalue weighted by Gasteiger charge is -2.12. The topological polar surface area (TPSA) is 80.2 Å². The average Bonchev–Trinajstić information content (AvgIpc) is 3.15. The van der Waals surface area contributed by atoms with Crippen LogP contribution in [0.1, 0.15) is 30.2 Å². The van der Waals surface area contributed by atoms with Crippen LogP contribution in [0.2, 0.25) is 0 Å². The molecule has 6 nitrogen and oxygen atoms in total. The summed E-state index contributed by atoms with van der Waals surface area (Å²) >= 11 is 0. The number of aryl methyl sites for hydroxylation is 1. The lowest BCUT2D eigenvalue weighted by molar-refractivity contribution is -0.115. The monoisotopic (exact) mass is 411 g/mol. The van der Waals surface area contributed by atoms with E-state index in [1.807, 2.05) is 29.8 Å². The molecule has 0 radical (unpaired) electrons. The molecule has 2 aromatic carbocycles. The Morgan fingerprint density at radius 2 is 1.69 bits per heavy atom. The molecular weight excluding hydrogens is 386 g/mol. The number of benzene rings is 2. The third-order valence-electron chi connectivity index (χ3n) is 4.61. The van der Waals surface area contributed by atoms with Crippen molar-refractivity contribution in [1.29, 1.82) is 0 Å². The van der Waals surface area contributed by atoms with Gasteiger partial charge in [0, 0.05) is 30.5 Å². The number of sulfonamides is 1. The molecule has 0 saturated carbocycles. The highest BCUT2D eigenvalue weighted by atomic mass is 32.2. The van der Waals surface area contributed by atoms with Crippen LogP contribution in [0.25, 0.3) is 0 Å². The van der Waals surface area contributed by atoms with Crippen LogP contribution in [0.5, 0.6) is 0 Å². The fraction of sp³-hybridized carbons (Fsp3) is 0.227. The maximum Gasteiger partial charge on any atom is 0.240 e. The highest BCUT2D eigenvalue weighted by Crippen LogP contribution is 2.15. The molecule has 0 saturated heterocycles. The fourth-order valence-corrected chi connectivity index (χ4v) is 3.87. The second-order valence-corrected chi connectivity index (χ2v) is 8.63. The Morgan fingerprint density at radius 3 is 2.34 bits per heavy atom. The van der Waals surface area contributed by atoms with Gasteiger partial charge in [0.25, 0.3) is 0 Å². The van der Waals surface area contributed by atoms with Crippen molar-refractivity contribution in [3.63, 3.8) is 0 Å². The highest BCUT2D eigenvalue weighted by Gasteiger charge is 2.15. The minimum absolute atomic E-state index is 0.118. The van der Waals surface area contributed by atoms with Crippen LogP contribution in [0.4, 0.5) is 5.69 Å². The number of rotatable bonds is 8. The Balaban J connectivity index is 1.65.